The second kappa shape index (κ2) is 9.09. The van der Waals surface area contributed by atoms with Crippen LogP contribution in [0.2, 0.25) is 0 Å². The molecule has 0 aliphatic rings. The van der Waals surface area contributed by atoms with Gasteiger partial charge in [0, 0.05) is 0 Å². The van der Waals surface area contributed by atoms with Crippen molar-refractivity contribution in [1.82, 2.24) is 5.32 Å². The van der Waals surface area contributed by atoms with E-state index in [1.807, 2.05) is 6.92 Å². The minimum atomic E-state index is 0.227. The van der Waals surface area contributed by atoms with Gasteiger partial charge in [0.25, 0.3) is 0 Å². The van der Waals surface area contributed by atoms with Crippen LogP contribution < -0.4 is 5.32 Å². The average Bonchev–Trinajstić information content (AvgIpc) is 2.15. The summed E-state index contributed by atoms with van der Waals surface area (Å²) >= 11 is 0. The molecule has 82 valence electrons. The van der Waals surface area contributed by atoms with E-state index in [2.05, 4.69) is 25.1 Å². The highest BCUT2D eigenvalue weighted by atomic mass is 14.9. The van der Waals surface area contributed by atoms with Crippen molar-refractivity contribution in [1.29, 1.82) is 0 Å². The molecule has 0 aromatic rings. The molecule has 1 N–H and O–H groups in total. The highest BCUT2D eigenvalue weighted by Gasteiger charge is 1.96. The Morgan fingerprint density at radius 2 is 1.71 bits per heavy atom. The third kappa shape index (κ3) is 9.61. The molecule has 1 heteroatoms. The van der Waals surface area contributed by atoms with E-state index >= 15 is 0 Å². The lowest BCUT2D eigenvalue weighted by Gasteiger charge is -2.07. The molecule has 0 aromatic heterocycles. The summed E-state index contributed by atoms with van der Waals surface area (Å²) in [6.45, 7) is 7.66. The molecule has 0 amide bonds. The second-order valence-corrected chi connectivity index (χ2v) is 4.44. The van der Waals surface area contributed by atoms with E-state index in [-0.39, 0.29) is 6.04 Å². The summed E-state index contributed by atoms with van der Waals surface area (Å²) in [4.78, 5) is 0. The van der Waals surface area contributed by atoms with Crippen LogP contribution in [-0.4, -0.2) is 12.6 Å². The molecule has 0 radical (unpaired) electrons. The molecule has 0 aliphatic carbocycles. The molecule has 0 aromatic carbocycles. The molecule has 1 atom stereocenters. The molecule has 0 fully saturated rings. The minimum Gasteiger partial charge on any atom is -0.304 e. The maximum Gasteiger partial charge on any atom is 0.0658 e. The fraction of sp³-hybridized carbons (Fsp3) is 0.846. The summed E-state index contributed by atoms with van der Waals surface area (Å²) in [6, 6.07) is 0.227. The van der Waals surface area contributed by atoms with Gasteiger partial charge in [-0.1, -0.05) is 45.5 Å². The highest BCUT2D eigenvalue weighted by molar-refractivity contribution is 4.95. The van der Waals surface area contributed by atoms with Crippen molar-refractivity contribution < 1.29 is 0 Å². The van der Waals surface area contributed by atoms with E-state index in [0.29, 0.717) is 0 Å². The average molecular weight is 195 g/mol. The van der Waals surface area contributed by atoms with Gasteiger partial charge in [-0.15, -0.1) is 6.42 Å². The predicted octanol–water partition coefficient (Wildman–Crippen LogP) is 3.20. The number of nitrogens with one attached hydrogen (secondary N) is 1. The summed E-state index contributed by atoms with van der Waals surface area (Å²) in [5.74, 6) is 3.53. The maximum absolute atomic E-state index is 5.26. The number of hydrogen-bond acceptors (Lipinski definition) is 1. The van der Waals surface area contributed by atoms with Crippen molar-refractivity contribution in [2.24, 2.45) is 5.92 Å². The van der Waals surface area contributed by atoms with Crippen LogP contribution >= 0.6 is 0 Å². The van der Waals surface area contributed by atoms with Crippen LogP contribution in [0.25, 0.3) is 0 Å². The Kier molecular flexibility index (Phi) is 8.78. The Hall–Kier alpha value is -0.480. The van der Waals surface area contributed by atoms with E-state index in [4.69, 9.17) is 6.42 Å². The summed E-state index contributed by atoms with van der Waals surface area (Å²) in [5, 5.41) is 3.30. The monoisotopic (exact) mass is 195 g/mol. The lowest BCUT2D eigenvalue weighted by molar-refractivity contribution is 0.509. The largest absolute Gasteiger partial charge is 0.304 e. The van der Waals surface area contributed by atoms with Gasteiger partial charge >= 0.3 is 0 Å². The van der Waals surface area contributed by atoms with Crippen molar-refractivity contribution in [2.75, 3.05) is 6.54 Å². The Morgan fingerprint density at radius 3 is 2.29 bits per heavy atom. The first-order valence-corrected chi connectivity index (χ1v) is 5.86. The molecular weight excluding hydrogens is 170 g/mol. The van der Waals surface area contributed by atoms with Gasteiger partial charge in [-0.25, -0.2) is 0 Å². The lowest BCUT2D eigenvalue weighted by Crippen LogP contribution is -2.25. The molecule has 0 spiro atoms. The summed E-state index contributed by atoms with van der Waals surface area (Å²) in [5.41, 5.74) is 0. The van der Waals surface area contributed by atoms with Crippen LogP contribution in [0.1, 0.15) is 52.9 Å². The smallest absolute Gasteiger partial charge is 0.0658 e. The molecule has 14 heavy (non-hydrogen) atoms. The summed E-state index contributed by atoms with van der Waals surface area (Å²) in [7, 11) is 0. The standard InChI is InChI=1S/C13H25N/c1-5-13(4)14-11-9-7-6-8-10-12(2)3/h1,12-14H,6-11H2,2-4H3. The van der Waals surface area contributed by atoms with E-state index in [0.717, 1.165) is 12.5 Å². The molecule has 0 aliphatic heterocycles. The van der Waals surface area contributed by atoms with Gasteiger partial charge in [-0.05, 0) is 25.8 Å². The normalized spacial score (nSPS) is 12.8. The van der Waals surface area contributed by atoms with Crippen LogP contribution in [0.3, 0.4) is 0 Å². The third-order valence-corrected chi connectivity index (χ3v) is 2.41. The fourth-order valence-corrected chi connectivity index (χ4v) is 1.41. The van der Waals surface area contributed by atoms with Gasteiger partial charge in [0.2, 0.25) is 0 Å². The molecule has 0 saturated heterocycles. The second-order valence-electron chi connectivity index (χ2n) is 4.44. The number of hydrogen-bond donors (Lipinski definition) is 1. The lowest BCUT2D eigenvalue weighted by atomic mass is 10.0. The van der Waals surface area contributed by atoms with Gasteiger partial charge in [-0.2, -0.15) is 0 Å². The molecule has 1 unspecified atom stereocenters. The zero-order valence-corrected chi connectivity index (χ0v) is 9.97. The van der Waals surface area contributed by atoms with Gasteiger partial charge in [0.05, 0.1) is 6.04 Å². The fourth-order valence-electron chi connectivity index (χ4n) is 1.41. The van der Waals surface area contributed by atoms with Crippen LogP contribution in [0.15, 0.2) is 0 Å². The van der Waals surface area contributed by atoms with Crippen LogP contribution in [0.5, 0.6) is 0 Å². The molecular formula is C13H25N. The van der Waals surface area contributed by atoms with Crippen LogP contribution in [0, 0.1) is 18.3 Å². The predicted molar refractivity (Wildman–Crippen MR) is 64.2 cm³/mol. The van der Waals surface area contributed by atoms with E-state index in [9.17, 15) is 0 Å². The van der Waals surface area contributed by atoms with Crippen LogP contribution in [-0.2, 0) is 0 Å². The van der Waals surface area contributed by atoms with E-state index in [1.54, 1.807) is 0 Å². The van der Waals surface area contributed by atoms with Gasteiger partial charge in [0.1, 0.15) is 0 Å². The van der Waals surface area contributed by atoms with Crippen molar-refractivity contribution in [3.8, 4) is 12.3 Å². The van der Waals surface area contributed by atoms with Crippen molar-refractivity contribution in [2.45, 2.75) is 58.9 Å². The zero-order chi connectivity index (χ0) is 10.8. The van der Waals surface area contributed by atoms with Gasteiger partial charge < -0.3 is 5.32 Å². The number of rotatable bonds is 8. The maximum atomic E-state index is 5.26. The molecule has 0 saturated carbocycles. The van der Waals surface area contributed by atoms with Gasteiger partial charge in [-0.3, -0.25) is 0 Å². The van der Waals surface area contributed by atoms with Crippen molar-refractivity contribution in [3.63, 3.8) is 0 Å². The number of unbranched alkanes of at least 4 members (excludes halogenated alkanes) is 3. The minimum absolute atomic E-state index is 0.227. The van der Waals surface area contributed by atoms with Crippen molar-refractivity contribution in [3.05, 3.63) is 0 Å². The number of terminal acetylenes is 1. The van der Waals surface area contributed by atoms with Crippen LogP contribution in [0.4, 0.5) is 0 Å². The Morgan fingerprint density at radius 1 is 1.07 bits per heavy atom. The highest BCUT2D eigenvalue weighted by Crippen LogP contribution is 2.08. The Bertz CT molecular complexity index is 155. The third-order valence-electron chi connectivity index (χ3n) is 2.41. The van der Waals surface area contributed by atoms with Crippen molar-refractivity contribution >= 4 is 0 Å². The zero-order valence-electron chi connectivity index (χ0n) is 9.97. The van der Waals surface area contributed by atoms with Gasteiger partial charge in [0.15, 0.2) is 0 Å². The quantitative estimate of drug-likeness (QED) is 0.463. The summed E-state index contributed by atoms with van der Waals surface area (Å²) in [6.07, 6.45) is 12.0. The first-order valence-electron chi connectivity index (χ1n) is 5.86. The Labute approximate surface area is 89.7 Å². The topological polar surface area (TPSA) is 12.0 Å². The summed E-state index contributed by atoms with van der Waals surface area (Å²) < 4.78 is 0. The SMILES string of the molecule is C#CC(C)NCCCCCCC(C)C. The molecule has 0 bridgehead atoms. The molecule has 1 nitrogen and oxygen atoms in total. The first kappa shape index (κ1) is 13.5. The Balaban J connectivity index is 3.04. The molecule has 0 heterocycles. The van der Waals surface area contributed by atoms with E-state index in [1.165, 1.54) is 32.1 Å². The van der Waals surface area contributed by atoms with E-state index < -0.39 is 0 Å². The molecule has 0 rings (SSSR count). The first-order chi connectivity index (χ1) is 6.66.